The van der Waals surface area contributed by atoms with Gasteiger partial charge >= 0.3 is 0 Å². The van der Waals surface area contributed by atoms with Gasteiger partial charge in [0.05, 0.1) is 5.69 Å². The minimum absolute atomic E-state index is 0.334. The van der Waals surface area contributed by atoms with Gasteiger partial charge in [-0.15, -0.1) is 0 Å². The number of rotatable bonds is 4. The second kappa shape index (κ2) is 5.45. The molecule has 18 heavy (non-hydrogen) atoms. The summed E-state index contributed by atoms with van der Waals surface area (Å²) < 4.78 is 14.0. The summed E-state index contributed by atoms with van der Waals surface area (Å²) in [4.78, 5) is 12.8. The monoisotopic (exact) mass is 243 g/mol. The van der Waals surface area contributed by atoms with Crippen molar-refractivity contribution in [3.63, 3.8) is 0 Å². The molecule has 0 heterocycles. The van der Waals surface area contributed by atoms with Gasteiger partial charge in [0, 0.05) is 17.8 Å². The van der Waals surface area contributed by atoms with Gasteiger partial charge in [0.15, 0.2) is 6.29 Å². The first-order chi connectivity index (χ1) is 8.77. The van der Waals surface area contributed by atoms with Crippen LogP contribution in [0.5, 0.6) is 0 Å². The SMILES string of the molecule is CCN(c1ccccc1)c1c(F)cccc1C=O. The molecule has 0 amide bonds. The van der Waals surface area contributed by atoms with E-state index >= 15 is 0 Å². The normalized spacial score (nSPS) is 10.1. The number of nitrogens with zero attached hydrogens (tertiary/aromatic N) is 1. The Morgan fingerprint density at radius 3 is 2.44 bits per heavy atom. The molecule has 2 nitrogen and oxygen atoms in total. The minimum Gasteiger partial charge on any atom is -0.339 e. The van der Waals surface area contributed by atoms with E-state index in [-0.39, 0.29) is 5.82 Å². The Morgan fingerprint density at radius 2 is 1.83 bits per heavy atom. The first-order valence-corrected chi connectivity index (χ1v) is 5.84. The number of aldehydes is 1. The van der Waals surface area contributed by atoms with E-state index in [9.17, 15) is 9.18 Å². The molecule has 2 aromatic rings. The lowest BCUT2D eigenvalue weighted by Crippen LogP contribution is -2.19. The van der Waals surface area contributed by atoms with Gasteiger partial charge in [-0.2, -0.15) is 0 Å². The summed E-state index contributed by atoms with van der Waals surface area (Å²) in [7, 11) is 0. The number of anilines is 2. The third-order valence-electron chi connectivity index (χ3n) is 2.80. The van der Waals surface area contributed by atoms with Gasteiger partial charge in [-0.05, 0) is 31.2 Å². The summed E-state index contributed by atoms with van der Waals surface area (Å²) in [6.07, 6.45) is 0.685. The highest BCUT2D eigenvalue weighted by atomic mass is 19.1. The quantitative estimate of drug-likeness (QED) is 0.761. The molecule has 0 bridgehead atoms. The van der Waals surface area contributed by atoms with Crippen molar-refractivity contribution in [2.24, 2.45) is 0 Å². The van der Waals surface area contributed by atoms with Crippen LogP contribution in [0.15, 0.2) is 48.5 Å². The summed E-state index contributed by atoms with van der Waals surface area (Å²) in [6, 6.07) is 14.0. The van der Waals surface area contributed by atoms with Crippen molar-refractivity contribution in [1.29, 1.82) is 0 Å². The van der Waals surface area contributed by atoms with Crippen LogP contribution in [0.3, 0.4) is 0 Å². The van der Waals surface area contributed by atoms with Crippen molar-refractivity contribution in [2.75, 3.05) is 11.4 Å². The fourth-order valence-electron chi connectivity index (χ4n) is 1.99. The average Bonchev–Trinajstić information content (AvgIpc) is 2.42. The molecule has 0 fully saturated rings. The van der Waals surface area contributed by atoms with Crippen LogP contribution >= 0.6 is 0 Å². The smallest absolute Gasteiger partial charge is 0.152 e. The third-order valence-corrected chi connectivity index (χ3v) is 2.80. The molecule has 92 valence electrons. The molecule has 0 aliphatic rings. The lowest BCUT2D eigenvalue weighted by Gasteiger charge is -2.25. The molecular formula is C15H14FNO. The zero-order chi connectivity index (χ0) is 13.0. The second-order valence-corrected chi connectivity index (χ2v) is 3.88. The molecule has 0 N–H and O–H groups in total. The number of carbonyl (C=O) groups is 1. The van der Waals surface area contributed by atoms with Crippen LogP contribution in [-0.4, -0.2) is 12.8 Å². The number of carbonyl (C=O) groups excluding carboxylic acids is 1. The summed E-state index contributed by atoms with van der Waals surface area (Å²) in [6.45, 7) is 2.51. The number of para-hydroxylation sites is 2. The Kier molecular flexibility index (Phi) is 3.72. The maximum atomic E-state index is 14.0. The summed E-state index contributed by atoms with van der Waals surface area (Å²) in [5.41, 5.74) is 1.56. The molecule has 0 aliphatic heterocycles. The molecule has 3 heteroatoms. The van der Waals surface area contributed by atoms with E-state index in [1.165, 1.54) is 6.07 Å². The Bertz CT molecular complexity index is 539. The van der Waals surface area contributed by atoms with Gasteiger partial charge in [-0.1, -0.05) is 24.3 Å². The van der Waals surface area contributed by atoms with Crippen LogP contribution in [0.25, 0.3) is 0 Å². The van der Waals surface area contributed by atoms with Crippen molar-refractivity contribution in [3.8, 4) is 0 Å². The van der Waals surface area contributed by atoms with Gasteiger partial charge in [-0.3, -0.25) is 4.79 Å². The molecule has 2 rings (SSSR count). The second-order valence-electron chi connectivity index (χ2n) is 3.88. The number of hydrogen-bond acceptors (Lipinski definition) is 2. The third kappa shape index (κ3) is 2.25. The van der Waals surface area contributed by atoms with Crippen LogP contribution in [0.1, 0.15) is 17.3 Å². The average molecular weight is 243 g/mol. The van der Waals surface area contributed by atoms with E-state index in [2.05, 4.69) is 0 Å². The predicted molar refractivity (Wildman–Crippen MR) is 70.9 cm³/mol. The van der Waals surface area contributed by atoms with Crippen LogP contribution in [-0.2, 0) is 0 Å². The Hall–Kier alpha value is -2.16. The molecule has 0 aliphatic carbocycles. The molecule has 0 saturated carbocycles. The molecular weight excluding hydrogens is 229 g/mol. The fraction of sp³-hybridized carbons (Fsp3) is 0.133. The topological polar surface area (TPSA) is 20.3 Å². The molecule has 0 unspecified atom stereocenters. The molecule has 0 saturated heterocycles. The van der Waals surface area contributed by atoms with Crippen LogP contribution in [0, 0.1) is 5.82 Å². The Labute approximate surface area is 106 Å². The maximum absolute atomic E-state index is 14.0. The van der Waals surface area contributed by atoms with E-state index in [1.807, 2.05) is 37.3 Å². The van der Waals surface area contributed by atoms with Gasteiger partial charge < -0.3 is 4.90 Å². The number of benzene rings is 2. The maximum Gasteiger partial charge on any atom is 0.152 e. The van der Waals surface area contributed by atoms with Crippen molar-refractivity contribution in [2.45, 2.75) is 6.92 Å². The largest absolute Gasteiger partial charge is 0.339 e. The zero-order valence-corrected chi connectivity index (χ0v) is 10.1. The van der Waals surface area contributed by atoms with Gasteiger partial charge in [0.1, 0.15) is 5.82 Å². The highest BCUT2D eigenvalue weighted by Gasteiger charge is 2.15. The van der Waals surface area contributed by atoms with Crippen molar-refractivity contribution in [3.05, 3.63) is 59.9 Å². The molecule has 0 radical (unpaired) electrons. The van der Waals surface area contributed by atoms with E-state index in [1.54, 1.807) is 17.0 Å². The van der Waals surface area contributed by atoms with Gasteiger partial charge in [-0.25, -0.2) is 4.39 Å². The van der Waals surface area contributed by atoms with Crippen molar-refractivity contribution < 1.29 is 9.18 Å². The van der Waals surface area contributed by atoms with Gasteiger partial charge in [0.25, 0.3) is 0 Å². The molecule has 0 atom stereocenters. The standard InChI is InChI=1S/C15H14FNO/c1-2-17(13-8-4-3-5-9-13)15-12(11-18)7-6-10-14(15)16/h3-11H,2H2,1H3. The van der Waals surface area contributed by atoms with Crippen molar-refractivity contribution in [1.82, 2.24) is 0 Å². The van der Waals surface area contributed by atoms with Crippen LogP contribution < -0.4 is 4.90 Å². The minimum atomic E-state index is -0.384. The highest BCUT2D eigenvalue weighted by molar-refractivity contribution is 5.87. The zero-order valence-electron chi connectivity index (χ0n) is 10.1. The van der Waals surface area contributed by atoms with Crippen LogP contribution in [0.2, 0.25) is 0 Å². The lowest BCUT2D eigenvalue weighted by molar-refractivity contribution is 0.112. The Balaban J connectivity index is 2.55. The summed E-state index contributed by atoms with van der Waals surface area (Å²) in [5.74, 6) is -0.384. The summed E-state index contributed by atoms with van der Waals surface area (Å²) in [5, 5.41) is 0. The first-order valence-electron chi connectivity index (χ1n) is 5.84. The van der Waals surface area contributed by atoms with E-state index in [0.29, 0.717) is 24.1 Å². The van der Waals surface area contributed by atoms with E-state index in [0.717, 1.165) is 5.69 Å². The molecule has 2 aromatic carbocycles. The molecule has 0 spiro atoms. The summed E-state index contributed by atoms with van der Waals surface area (Å²) >= 11 is 0. The van der Waals surface area contributed by atoms with Crippen LogP contribution in [0.4, 0.5) is 15.8 Å². The molecule has 0 aromatic heterocycles. The predicted octanol–water partition coefficient (Wildman–Crippen LogP) is 3.80. The number of hydrogen-bond donors (Lipinski definition) is 0. The number of halogens is 1. The lowest BCUT2D eigenvalue weighted by atomic mass is 10.1. The fourth-order valence-corrected chi connectivity index (χ4v) is 1.99. The van der Waals surface area contributed by atoms with E-state index < -0.39 is 0 Å². The first kappa shape index (κ1) is 12.3. The highest BCUT2D eigenvalue weighted by Crippen LogP contribution is 2.30. The van der Waals surface area contributed by atoms with Crippen molar-refractivity contribution >= 4 is 17.7 Å². The Morgan fingerprint density at radius 1 is 1.11 bits per heavy atom. The van der Waals surface area contributed by atoms with E-state index in [4.69, 9.17) is 0 Å². The van der Waals surface area contributed by atoms with Gasteiger partial charge in [0.2, 0.25) is 0 Å².